The number of aliphatic hydroxyl groups is 5. The molecule has 0 radical (unpaired) electrons. The first-order chi connectivity index (χ1) is 7.32. The molecule has 0 aliphatic carbocycles. The molecule has 5 N–H and O–H groups in total. The molecule has 0 aromatic carbocycles. The lowest BCUT2D eigenvalue weighted by Gasteiger charge is -2.26. The zero-order valence-corrected chi connectivity index (χ0v) is 9.15. The van der Waals surface area contributed by atoms with E-state index in [4.69, 9.17) is 5.11 Å². The smallest absolute Gasteiger partial charge is 0.337 e. The molecule has 0 unspecified atom stereocenters. The fraction of sp³-hybridized carbons (Fsp3) is 0.889. The molecule has 7 heteroatoms. The molecule has 7 nitrogen and oxygen atoms in total. The summed E-state index contributed by atoms with van der Waals surface area (Å²) in [6.07, 6.45) is -8.72. The van der Waals surface area contributed by atoms with Gasteiger partial charge in [0.05, 0.1) is 12.7 Å². The first-order valence-electron chi connectivity index (χ1n) is 4.89. The van der Waals surface area contributed by atoms with Crippen molar-refractivity contribution in [3.63, 3.8) is 0 Å². The summed E-state index contributed by atoms with van der Waals surface area (Å²) in [7, 11) is 0. The average Bonchev–Trinajstić information content (AvgIpc) is 2.25. The van der Waals surface area contributed by atoms with Crippen molar-refractivity contribution in [2.45, 2.75) is 44.4 Å². The number of aliphatic hydroxyl groups excluding tert-OH is 5. The molecule has 0 bridgehead atoms. The third-order valence-electron chi connectivity index (χ3n) is 2.05. The van der Waals surface area contributed by atoms with Crippen molar-refractivity contribution < 1.29 is 35.1 Å². The second kappa shape index (κ2) is 6.77. The van der Waals surface area contributed by atoms with Gasteiger partial charge in [-0.15, -0.1) is 0 Å². The van der Waals surface area contributed by atoms with E-state index in [0.29, 0.717) is 0 Å². The van der Waals surface area contributed by atoms with Crippen LogP contribution in [0.2, 0.25) is 0 Å². The Morgan fingerprint density at radius 1 is 1.06 bits per heavy atom. The molecule has 0 saturated carbocycles. The molecule has 0 heterocycles. The fourth-order valence-corrected chi connectivity index (χ4v) is 1.04. The van der Waals surface area contributed by atoms with Gasteiger partial charge in [-0.2, -0.15) is 0 Å². The summed E-state index contributed by atoms with van der Waals surface area (Å²) in [6, 6.07) is 0. The van der Waals surface area contributed by atoms with Gasteiger partial charge in [0.25, 0.3) is 0 Å². The average molecular weight is 238 g/mol. The van der Waals surface area contributed by atoms with Gasteiger partial charge in [-0.3, -0.25) is 0 Å². The summed E-state index contributed by atoms with van der Waals surface area (Å²) in [5.74, 6) is -1.10. The Balaban J connectivity index is 4.42. The SMILES string of the molecule is CCOC(=O)[C@@H](O)[C@@H](O)[C@H](O)[C@H](O)[C@@H](C)O. The molecule has 0 aliphatic rings. The molecule has 0 aromatic rings. The van der Waals surface area contributed by atoms with E-state index in [1.807, 2.05) is 0 Å². The first-order valence-corrected chi connectivity index (χ1v) is 4.89. The van der Waals surface area contributed by atoms with Crippen LogP contribution in [0.4, 0.5) is 0 Å². The van der Waals surface area contributed by atoms with Crippen LogP contribution < -0.4 is 0 Å². The van der Waals surface area contributed by atoms with Crippen LogP contribution >= 0.6 is 0 Å². The van der Waals surface area contributed by atoms with Crippen molar-refractivity contribution in [2.75, 3.05) is 6.61 Å². The second-order valence-electron chi connectivity index (χ2n) is 3.41. The van der Waals surface area contributed by atoms with Crippen LogP contribution in [0, 0.1) is 0 Å². The van der Waals surface area contributed by atoms with E-state index in [-0.39, 0.29) is 6.61 Å². The molecular weight excluding hydrogens is 220 g/mol. The number of esters is 1. The summed E-state index contributed by atoms with van der Waals surface area (Å²) in [5, 5.41) is 46.0. The van der Waals surface area contributed by atoms with Crippen LogP contribution in [0.25, 0.3) is 0 Å². The summed E-state index contributed by atoms with van der Waals surface area (Å²) >= 11 is 0. The third kappa shape index (κ3) is 4.03. The summed E-state index contributed by atoms with van der Waals surface area (Å²) in [5.41, 5.74) is 0. The number of hydrogen-bond acceptors (Lipinski definition) is 7. The van der Waals surface area contributed by atoms with Gasteiger partial charge >= 0.3 is 5.97 Å². The molecule has 16 heavy (non-hydrogen) atoms. The second-order valence-corrected chi connectivity index (χ2v) is 3.41. The van der Waals surface area contributed by atoms with Crippen LogP contribution in [0.3, 0.4) is 0 Å². The van der Waals surface area contributed by atoms with Crippen LogP contribution in [0.1, 0.15) is 13.8 Å². The molecule has 5 atom stereocenters. The molecule has 0 saturated heterocycles. The van der Waals surface area contributed by atoms with Gasteiger partial charge in [0, 0.05) is 0 Å². The van der Waals surface area contributed by atoms with Crippen molar-refractivity contribution in [2.24, 2.45) is 0 Å². The van der Waals surface area contributed by atoms with Gasteiger partial charge in [-0.1, -0.05) is 0 Å². The van der Waals surface area contributed by atoms with E-state index < -0.39 is 36.5 Å². The lowest BCUT2D eigenvalue weighted by atomic mass is 10.00. The van der Waals surface area contributed by atoms with Crippen molar-refractivity contribution in [3.8, 4) is 0 Å². The topological polar surface area (TPSA) is 127 Å². The third-order valence-corrected chi connectivity index (χ3v) is 2.05. The Morgan fingerprint density at radius 2 is 1.56 bits per heavy atom. The van der Waals surface area contributed by atoms with Gasteiger partial charge in [0.2, 0.25) is 0 Å². The van der Waals surface area contributed by atoms with Gasteiger partial charge in [0.15, 0.2) is 6.10 Å². The molecule has 0 amide bonds. The van der Waals surface area contributed by atoms with Crippen LogP contribution in [0.15, 0.2) is 0 Å². The Labute approximate surface area is 92.9 Å². The molecule has 96 valence electrons. The van der Waals surface area contributed by atoms with E-state index in [0.717, 1.165) is 0 Å². The highest BCUT2D eigenvalue weighted by molar-refractivity contribution is 5.75. The number of hydrogen-bond donors (Lipinski definition) is 5. The van der Waals surface area contributed by atoms with Gasteiger partial charge < -0.3 is 30.3 Å². The lowest BCUT2D eigenvalue weighted by Crippen LogP contribution is -2.51. The molecule has 0 rings (SSSR count). The van der Waals surface area contributed by atoms with Crippen LogP contribution in [-0.4, -0.2) is 68.6 Å². The maximum atomic E-state index is 11.0. The molecule has 0 aliphatic heterocycles. The first kappa shape index (κ1) is 15.3. The fourth-order valence-electron chi connectivity index (χ4n) is 1.04. The number of rotatable bonds is 6. The predicted molar refractivity (Wildman–Crippen MR) is 52.3 cm³/mol. The van der Waals surface area contributed by atoms with Crippen LogP contribution in [-0.2, 0) is 9.53 Å². The molecule has 0 aromatic heterocycles. The van der Waals surface area contributed by atoms with E-state index in [2.05, 4.69) is 4.74 Å². The zero-order chi connectivity index (χ0) is 12.9. The minimum Gasteiger partial charge on any atom is -0.464 e. The minimum absolute atomic E-state index is 0.0116. The monoisotopic (exact) mass is 238 g/mol. The van der Waals surface area contributed by atoms with E-state index in [1.54, 1.807) is 0 Å². The summed E-state index contributed by atoms with van der Waals surface area (Å²) in [6.45, 7) is 2.72. The van der Waals surface area contributed by atoms with Gasteiger partial charge in [-0.05, 0) is 13.8 Å². The highest BCUT2D eigenvalue weighted by Crippen LogP contribution is 2.09. The lowest BCUT2D eigenvalue weighted by molar-refractivity contribution is -0.172. The standard InChI is InChI=1S/C9H18O7/c1-3-16-9(15)8(14)7(13)6(12)5(11)4(2)10/h4-8,10-14H,3H2,1-2H3/t4-,5-,6-,7+,8+/m1/s1. The number of ether oxygens (including phenoxy) is 1. The molecule has 0 spiro atoms. The molecule has 0 fully saturated rings. The Morgan fingerprint density at radius 3 is 1.94 bits per heavy atom. The van der Waals surface area contributed by atoms with Gasteiger partial charge in [0.1, 0.15) is 18.3 Å². The van der Waals surface area contributed by atoms with Gasteiger partial charge in [-0.25, -0.2) is 4.79 Å². The maximum absolute atomic E-state index is 11.0. The maximum Gasteiger partial charge on any atom is 0.337 e. The highest BCUT2D eigenvalue weighted by Gasteiger charge is 2.36. The van der Waals surface area contributed by atoms with Crippen molar-refractivity contribution in [1.29, 1.82) is 0 Å². The van der Waals surface area contributed by atoms with Crippen molar-refractivity contribution in [1.82, 2.24) is 0 Å². The number of carbonyl (C=O) groups excluding carboxylic acids is 1. The quantitative estimate of drug-likeness (QED) is 0.320. The zero-order valence-electron chi connectivity index (χ0n) is 9.15. The highest BCUT2D eigenvalue weighted by atomic mass is 16.5. The summed E-state index contributed by atoms with van der Waals surface area (Å²) in [4.78, 5) is 11.0. The Hall–Kier alpha value is -0.730. The normalized spacial score (nSPS) is 20.7. The van der Waals surface area contributed by atoms with E-state index in [1.165, 1.54) is 13.8 Å². The largest absolute Gasteiger partial charge is 0.464 e. The van der Waals surface area contributed by atoms with Crippen molar-refractivity contribution in [3.05, 3.63) is 0 Å². The van der Waals surface area contributed by atoms with Crippen molar-refractivity contribution >= 4 is 5.97 Å². The van der Waals surface area contributed by atoms with E-state index >= 15 is 0 Å². The van der Waals surface area contributed by atoms with E-state index in [9.17, 15) is 25.2 Å². The number of carbonyl (C=O) groups is 1. The predicted octanol–water partition coefficient (Wildman–Crippen LogP) is -2.63. The minimum atomic E-state index is -1.97. The summed E-state index contributed by atoms with van der Waals surface area (Å²) < 4.78 is 4.41. The Bertz CT molecular complexity index is 218. The van der Waals surface area contributed by atoms with Crippen LogP contribution in [0.5, 0.6) is 0 Å². The Kier molecular flexibility index (Phi) is 6.46. The molecular formula is C9H18O7.